The zero-order valence-corrected chi connectivity index (χ0v) is 18.4. The van der Waals surface area contributed by atoms with Crippen LogP contribution in [0.25, 0.3) is 0 Å². The van der Waals surface area contributed by atoms with Crippen molar-refractivity contribution in [2.75, 3.05) is 7.11 Å². The predicted molar refractivity (Wildman–Crippen MR) is 119 cm³/mol. The summed E-state index contributed by atoms with van der Waals surface area (Å²) in [6.45, 7) is 4.14. The molecule has 0 spiro atoms. The van der Waals surface area contributed by atoms with E-state index in [4.69, 9.17) is 9.15 Å². The molecule has 0 saturated heterocycles. The number of ether oxygens (including phenoxy) is 1. The lowest BCUT2D eigenvalue weighted by Crippen LogP contribution is -2.37. The first-order valence-corrected chi connectivity index (χ1v) is 10.7. The van der Waals surface area contributed by atoms with Crippen LogP contribution in [0, 0.1) is 6.92 Å². The van der Waals surface area contributed by atoms with Gasteiger partial charge in [-0.2, -0.15) is 0 Å². The third kappa shape index (κ3) is 4.29. The van der Waals surface area contributed by atoms with E-state index in [0.29, 0.717) is 23.6 Å². The highest BCUT2D eigenvalue weighted by atomic mass is 32.2. The van der Waals surface area contributed by atoms with Gasteiger partial charge in [0.2, 0.25) is 5.91 Å². The standard InChI is InChI=1S/C23H23N3O4S/c1-14-6-4-7-16(10-14)21-20(22(28)29-3)15(2)25-23-26(21)17(13-31-23)11-19(27)24-12-18-8-5-9-30-18/h4-10,13,21H,11-12H2,1-3H3,(H,24,27). The minimum Gasteiger partial charge on any atom is -0.467 e. The van der Waals surface area contributed by atoms with Gasteiger partial charge in [-0.05, 0) is 37.0 Å². The molecule has 1 N–H and O–H groups in total. The number of rotatable bonds is 6. The third-order valence-electron chi connectivity index (χ3n) is 5.15. The monoisotopic (exact) mass is 437 g/mol. The molecule has 0 saturated carbocycles. The lowest BCUT2D eigenvalue weighted by atomic mass is 9.93. The predicted octanol–water partition coefficient (Wildman–Crippen LogP) is 4.04. The summed E-state index contributed by atoms with van der Waals surface area (Å²) in [5.41, 5.74) is 3.89. The minimum absolute atomic E-state index is 0.140. The van der Waals surface area contributed by atoms with Gasteiger partial charge in [-0.25, -0.2) is 9.79 Å². The Morgan fingerprint density at radius 1 is 1.26 bits per heavy atom. The van der Waals surface area contributed by atoms with E-state index in [9.17, 15) is 9.59 Å². The summed E-state index contributed by atoms with van der Waals surface area (Å²) >= 11 is 1.45. The first-order chi connectivity index (χ1) is 15.0. The number of allylic oxidation sites excluding steroid dienone is 1. The summed E-state index contributed by atoms with van der Waals surface area (Å²) in [5.74, 6) is 0.122. The van der Waals surface area contributed by atoms with E-state index in [1.54, 1.807) is 12.3 Å². The molecule has 2 aliphatic rings. The first kappa shape index (κ1) is 21.0. The lowest BCUT2D eigenvalue weighted by Gasteiger charge is -2.36. The van der Waals surface area contributed by atoms with E-state index < -0.39 is 12.0 Å². The van der Waals surface area contributed by atoms with Crippen molar-refractivity contribution >= 4 is 28.8 Å². The number of carbonyl (C=O) groups is 2. The van der Waals surface area contributed by atoms with Gasteiger partial charge in [0.15, 0.2) is 5.17 Å². The van der Waals surface area contributed by atoms with Gasteiger partial charge in [0.1, 0.15) is 5.76 Å². The highest BCUT2D eigenvalue weighted by Crippen LogP contribution is 2.44. The van der Waals surface area contributed by atoms with Crippen LogP contribution in [0.3, 0.4) is 0 Å². The Labute approximate surface area is 184 Å². The van der Waals surface area contributed by atoms with Crippen molar-refractivity contribution in [3.63, 3.8) is 0 Å². The maximum atomic E-state index is 12.7. The molecule has 2 aromatic rings. The fourth-order valence-electron chi connectivity index (χ4n) is 3.72. The molecule has 1 atom stereocenters. The summed E-state index contributed by atoms with van der Waals surface area (Å²) in [7, 11) is 1.37. The maximum absolute atomic E-state index is 12.7. The summed E-state index contributed by atoms with van der Waals surface area (Å²) in [4.78, 5) is 31.9. The number of nitrogens with one attached hydrogen (secondary N) is 1. The van der Waals surface area contributed by atoms with E-state index in [-0.39, 0.29) is 12.3 Å². The SMILES string of the molecule is COC(=O)C1=C(C)N=C2SC=C(CC(=O)NCc3ccco3)N2C1c1cccc(C)c1. The second-order valence-corrected chi connectivity index (χ2v) is 8.17. The van der Waals surface area contributed by atoms with Gasteiger partial charge in [-0.3, -0.25) is 4.79 Å². The van der Waals surface area contributed by atoms with Gasteiger partial charge in [-0.15, -0.1) is 0 Å². The molecule has 4 rings (SSSR count). The van der Waals surface area contributed by atoms with Crippen LogP contribution in [0.2, 0.25) is 0 Å². The van der Waals surface area contributed by atoms with Crippen LogP contribution in [0.15, 0.2) is 74.4 Å². The number of hydrogen-bond acceptors (Lipinski definition) is 7. The summed E-state index contributed by atoms with van der Waals surface area (Å²) in [6.07, 6.45) is 1.73. The third-order valence-corrected chi connectivity index (χ3v) is 6.03. The number of esters is 1. The molecular formula is C23H23N3O4S. The topological polar surface area (TPSA) is 84.1 Å². The second-order valence-electron chi connectivity index (χ2n) is 7.33. The van der Waals surface area contributed by atoms with Crippen LogP contribution in [0.1, 0.15) is 36.3 Å². The Hall–Kier alpha value is -3.26. The van der Waals surface area contributed by atoms with Crippen LogP contribution in [0.4, 0.5) is 0 Å². The van der Waals surface area contributed by atoms with Gasteiger partial charge in [0, 0.05) is 5.70 Å². The van der Waals surface area contributed by atoms with Crippen LogP contribution in [-0.2, 0) is 20.9 Å². The number of furan rings is 1. The number of amidine groups is 1. The van der Waals surface area contributed by atoms with Gasteiger partial charge in [0.25, 0.3) is 0 Å². The van der Waals surface area contributed by atoms with Crippen molar-refractivity contribution < 1.29 is 18.7 Å². The Kier molecular flexibility index (Phi) is 5.99. The molecule has 2 aliphatic heterocycles. The molecule has 3 heterocycles. The van der Waals surface area contributed by atoms with E-state index in [2.05, 4.69) is 10.3 Å². The Morgan fingerprint density at radius 2 is 2.10 bits per heavy atom. The average molecular weight is 438 g/mol. The number of thioether (sulfide) groups is 1. The van der Waals surface area contributed by atoms with Crippen molar-refractivity contribution in [1.29, 1.82) is 0 Å². The van der Waals surface area contributed by atoms with Crippen LogP contribution < -0.4 is 5.32 Å². The number of carbonyl (C=O) groups excluding carboxylic acids is 2. The van der Waals surface area contributed by atoms with Crippen LogP contribution >= 0.6 is 11.8 Å². The molecule has 1 aromatic heterocycles. The van der Waals surface area contributed by atoms with Crippen molar-refractivity contribution in [2.45, 2.75) is 32.9 Å². The number of hydrogen-bond donors (Lipinski definition) is 1. The Bertz CT molecular complexity index is 1100. The van der Waals surface area contributed by atoms with E-state index in [0.717, 1.165) is 22.0 Å². The molecule has 31 heavy (non-hydrogen) atoms. The number of fused-ring (bicyclic) bond motifs is 1. The van der Waals surface area contributed by atoms with Crippen molar-refractivity contribution in [2.24, 2.45) is 4.99 Å². The molecule has 0 aliphatic carbocycles. The van der Waals surface area contributed by atoms with Gasteiger partial charge < -0.3 is 19.4 Å². The fraction of sp³-hybridized carbons (Fsp3) is 0.261. The summed E-state index contributed by atoms with van der Waals surface area (Å²) in [5, 5.41) is 5.53. The number of benzene rings is 1. The van der Waals surface area contributed by atoms with Crippen molar-refractivity contribution in [3.05, 3.63) is 81.9 Å². The largest absolute Gasteiger partial charge is 0.467 e. The lowest BCUT2D eigenvalue weighted by molar-refractivity contribution is -0.136. The maximum Gasteiger partial charge on any atom is 0.338 e. The van der Waals surface area contributed by atoms with E-state index >= 15 is 0 Å². The highest BCUT2D eigenvalue weighted by Gasteiger charge is 2.40. The zero-order chi connectivity index (χ0) is 22.0. The molecule has 1 aromatic carbocycles. The number of nitrogens with zero attached hydrogens (tertiary/aromatic N) is 2. The molecule has 0 bridgehead atoms. The molecular weight excluding hydrogens is 414 g/mol. The van der Waals surface area contributed by atoms with E-state index in [1.165, 1.54) is 18.9 Å². The van der Waals surface area contributed by atoms with Crippen LogP contribution in [0.5, 0.6) is 0 Å². The molecule has 7 nitrogen and oxygen atoms in total. The average Bonchev–Trinajstić information content (AvgIpc) is 3.41. The minimum atomic E-state index is -0.426. The quantitative estimate of drug-likeness (QED) is 0.687. The second kappa shape index (κ2) is 8.85. The van der Waals surface area contributed by atoms with Crippen LogP contribution in [-0.4, -0.2) is 29.1 Å². The van der Waals surface area contributed by atoms with Crippen molar-refractivity contribution in [3.8, 4) is 0 Å². The first-order valence-electron chi connectivity index (χ1n) is 9.86. The van der Waals surface area contributed by atoms with Gasteiger partial charge >= 0.3 is 5.97 Å². The molecule has 160 valence electrons. The smallest absolute Gasteiger partial charge is 0.338 e. The molecule has 1 amide bonds. The van der Waals surface area contributed by atoms with E-state index in [1.807, 2.05) is 54.5 Å². The number of aliphatic imine (C=N–C) groups is 1. The number of methoxy groups -OCH3 is 1. The van der Waals surface area contributed by atoms with Gasteiger partial charge in [0.05, 0.1) is 43.7 Å². The number of aryl methyl sites for hydroxylation is 1. The Morgan fingerprint density at radius 3 is 2.81 bits per heavy atom. The molecule has 1 unspecified atom stereocenters. The fourth-order valence-corrected chi connectivity index (χ4v) is 4.69. The summed E-state index contributed by atoms with van der Waals surface area (Å²) < 4.78 is 10.3. The Balaban J connectivity index is 1.63. The molecule has 8 heteroatoms. The van der Waals surface area contributed by atoms with Crippen molar-refractivity contribution in [1.82, 2.24) is 10.2 Å². The number of amides is 1. The molecule has 0 radical (unpaired) electrons. The zero-order valence-electron chi connectivity index (χ0n) is 17.5. The normalized spacial score (nSPS) is 17.8. The molecule has 0 fully saturated rings. The van der Waals surface area contributed by atoms with Gasteiger partial charge in [-0.1, -0.05) is 41.6 Å². The highest BCUT2D eigenvalue weighted by molar-refractivity contribution is 8.16. The summed E-state index contributed by atoms with van der Waals surface area (Å²) in [6, 6.07) is 11.2.